The molecule has 2 rings (SSSR count). The molecule has 1 N–H and O–H groups in total. The molecule has 17 heavy (non-hydrogen) atoms. The number of thioether (sulfide) groups is 1. The Morgan fingerprint density at radius 2 is 2.00 bits per heavy atom. The van der Waals surface area contributed by atoms with Gasteiger partial charge >= 0.3 is 5.97 Å². The summed E-state index contributed by atoms with van der Waals surface area (Å²) in [7, 11) is 0. The maximum Gasteiger partial charge on any atom is 0.307 e. The van der Waals surface area contributed by atoms with Gasteiger partial charge in [0.25, 0.3) is 0 Å². The largest absolute Gasteiger partial charge is 0.481 e. The summed E-state index contributed by atoms with van der Waals surface area (Å²) in [6, 6.07) is 10.3. The van der Waals surface area contributed by atoms with E-state index >= 15 is 0 Å². The Morgan fingerprint density at radius 1 is 1.35 bits per heavy atom. The predicted molar refractivity (Wildman–Crippen MR) is 71.0 cm³/mol. The summed E-state index contributed by atoms with van der Waals surface area (Å²) in [4.78, 5) is 11.0. The summed E-state index contributed by atoms with van der Waals surface area (Å²) in [6.45, 7) is 4.11. The van der Waals surface area contributed by atoms with Crippen LogP contribution in [0.4, 0.5) is 0 Å². The van der Waals surface area contributed by atoms with E-state index in [0.29, 0.717) is 5.92 Å². The number of carboxylic acid groups (broad SMARTS) is 1. The van der Waals surface area contributed by atoms with Gasteiger partial charge in [-0.05, 0) is 22.6 Å². The normalized spacial score (nSPS) is 25.5. The van der Waals surface area contributed by atoms with E-state index in [-0.39, 0.29) is 11.3 Å². The molecule has 2 atom stereocenters. The highest BCUT2D eigenvalue weighted by atomic mass is 32.2. The zero-order valence-electron chi connectivity index (χ0n) is 10.2. The van der Waals surface area contributed by atoms with E-state index in [0.717, 1.165) is 11.5 Å². The predicted octanol–water partition coefficient (Wildman–Crippen LogP) is 3.28. The van der Waals surface area contributed by atoms with E-state index in [4.69, 9.17) is 5.11 Å². The monoisotopic (exact) mass is 250 g/mol. The second-order valence-electron chi connectivity index (χ2n) is 5.24. The average Bonchev–Trinajstić information content (AvgIpc) is 2.82. The van der Waals surface area contributed by atoms with Gasteiger partial charge in [-0.1, -0.05) is 44.2 Å². The van der Waals surface area contributed by atoms with E-state index < -0.39 is 5.97 Å². The number of carbonyl (C=O) groups is 1. The van der Waals surface area contributed by atoms with Crippen molar-refractivity contribution in [3.8, 4) is 0 Å². The summed E-state index contributed by atoms with van der Waals surface area (Å²) in [6.07, 6.45) is 0. The van der Waals surface area contributed by atoms with Gasteiger partial charge in [-0.3, -0.25) is 4.79 Å². The summed E-state index contributed by atoms with van der Waals surface area (Å²) >= 11 is 1.84. The molecule has 1 aliphatic carbocycles. The van der Waals surface area contributed by atoms with Gasteiger partial charge in [0.1, 0.15) is 0 Å². The van der Waals surface area contributed by atoms with Crippen LogP contribution in [0.25, 0.3) is 0 Å². The van der Waals surface area contributed by atoms with Crippen LogP contribution in [-0.4, -0.2) is 16.8 Å². The minimum absolute atomic E-state index is 0.0183. The van der Waals surface area contributed by atoms with Gasteiger partial charge in [0, 0.05) is 5.75 Å². The van der Waals surface area contributed by atoms with Crippen molar-refractivity contribution in [3.05, 3.63) is 35.9 Å². The number of rotatable bonds is 5. The molecule has 0 amide bonds. The van der Waals surface area contributed by atoms with Crippen LogP contribution >= 0.6 is 11.8 Å². The van der Waals surface area contributed by atoms with E-state index in [1.807, 2.05) is 30.0 Å². The highest BCUT2D eigenvalue weighted by molar-refractivity contribution is 7.98. The minimum atomic E-state index is -0.639. The number of carboxylic acids is 1. The number of hydrogen-bond donors (Lipinski definition) is 1. The third-order valence-corrected chi connectivity index (χ3v) is 4.86. The van der Waals surface area contributed by atoms with Crippen LogP contribution in [0.15, 0.2) is 30.3 Å². The van der Waals surface area contributed by atoms with Crippen molar-refractivity contribution < 1.29 is 9.90 Å². The first kappa shape index (κ1) is 12.5. The lowest BCUT2D eigenvalue weighted by atomic mass is 10.1. The van der Waals surface area contributed by atoms with E-state index in [1.165, 1.54) is 5.56 Å². The molecule has 0 aromatic heterocycles. The molecule has 2 nitrogen and oxygen atoms in total. The topological polar surface area (TPSA) is 37.3 Å². The average molecular weight is 250 g/mol. The van der Waals surface area contributed by atoms with E-state index in [2.05, 4.69) is 26.0 Å². The molecule has 0 saturated heterocycles. The summed E-state index contributed by atoms with van der Waals surface area (Å²) < 4.78 is 0. The van der Waals surface area contributed by atoms with Crippen LogP contribution in [0.1, 0.15) is 19.4 Å². The molecule has 0 spiro atoms. The molecule has 1 aliphatic rings. The Labute approximate surface area is 106 Å². The Balaban J connectivity index is 1.79. The highest BCUT2D eigenvalue weighted by Gasteiger charge is 2.61. The maximum atomic E-state index is 11.0. The van der Waals surface area contributed by atoms with E-state index in [1.54, 1.807) is 0 Å². The van der Waals surface area contributed by atoms with Crippen molar-refractivity contribution in [3.63, 3.8) is 0 Å². The fourth-order valence-electron chi connectivity index (χ4n) is 2.42. The molecule has 3 heteroatoms. The van der Waals surface area contributed by atoms with Crippen molar-refractivity contribution in [2.75, 3.05) is 5.75 Å². The maximum absolute atomic E-state index is 11.0. The Hall–Kier alpha value is -0.960. The van der Waals surface area contributed by atoms with Gasteiger partial charge in [0.05, 0.1) is 5.92 Å². The molecular weight excluding hydrogens is 232 g/mol. The fraction of sp³-hybridized carbons (Fsp3) is 0.500. The van der Waals surface area contributed by atoms with Crippen LogP contribution in [-0.2, 0) is 10.5 Å². The van der Waals surface area contributed by atoms with Crippen molar-refractivity contribution in [1.82, 2.24) is 0 Å². The van der Waals surface area contributed by atoms with Crippen molar-refractivity contribution in [2.45, 2.75) is 19.6 Å². The molecular formula is C14H18O2S. The highest BCUT2D eigenvalue weighted by Crippen LogP contribution is 2.59. The first-order chi connectivity index (χ1) is 8.03. The lowest BCUT2D eigenvalue weighted by Gasteiger charge is -2.03. The van der Waals surface area contributed by atoms with Crippen molar-refractivity contribution >= 4 is 17.7 Å². The zero-order valence-corrected chi connectivity index (χ0v) is 11.0. The van der Waals surface area contributed by atoms with Crippen LogP contribution in [0.5, 0.6) is 0 Å². The minimum Gasteiger partial charge on any atom is -0.481 e. The van der Waals surface area contributed by atoms with Crippen molar-refractivity contribution in [1.29, 1.82) is 0 Å². The lowest BCUT2D eigenvalue weighted by Crippen LogP contribution is -2.03. The Morgan fingerprint density at radius 3 is 2.53 bits per heavy atom. The molecule has 0 aliphatic heterocycles. The third-order valence-electron chi connectivity index (χ3n) is 3.73. The molecule has 1 aromatic rings. The van der Waals surface area contributed by atoms with Gasteiger partial charge in [-0.15, -0.1) is 0 Å². The molecule has 1 saturated carbocycles. The third kappa shape index (κ3) is 2.65. The van der Waals surface area contributed by atoms with Crippen LogP contribution < -0.4 is 0 Å². The molecule has 1 fully saturated rings. The van der Waals surface area contributed by atoms with Crippen LogP contribution in [0, 0.1) is 17.3 Å². The van der Waals surface area contributed by atoms with Crippen molar-refractivity contribution in [2.24, 2.45) is 17.3 Å². The molecule has 0 radical (unpaired) electrons. The summed E-state index contributed by atoms with van der Waals surface area (Å²) in [5.41, 5.74) is 1.29. The van der Waals surface area contributed by atoms with Gasteiger partial charge in [-0.2, -0.15) is 11.8 Å². The van der Waals surface area contributed by atoms with Gasteiger partial charge in [0.2, 0.25) is 0 Å². The van der Waals surface area contributed by atoms with Gasteiger partial charge < -0.3 is 5.11 Å². The molecule has 1 aromatic carbocycles. The first-order valence-electron chi connectivity index (χ1n) is 5.88. The number of aliphatic carboxylic acids is 1. The summed E-state index contributed by atoms with van der Waals surface area (Å²) in [5, 5.41) is 9.07. The smallest absolute Gasteiger partial charge is 0.307 e. The second kappa shape index (κ2) is 4.73. The lowest BCUT2D eigenvalue weighted by molar-refractivity contribution is -0.139. The summed E-state index contributed by atoms with van der Waals surface area (Å²) in [5.74, 6) is 1.46. The second-order valence-corrected chi connectivity index (χ2v) is 6.27. The molecule has 0 bridgehead atoms. The number of hydrogen-bond acceptors (Lipinski definition) is 2. The molecule has 92 valence electrons. The van der Waals surface area contributed by atoms with Gasteiger partial charge in [0.15, 0.2) is 0 Å². The molecule has 0 heterocycles. The standard InChI is InChI=1S/C14H18O2S/c1-14(2)11(12(14)13(15)16)9-17-8-10-6-4-3-5-7-10/h3-7,11-12H,8-9H2,1-2H3,(H,15,16). The SMILES string of the molecule is CC1(C)C(CSCc2ccccc2)C1C(=O)O. The van der Waals surface area contributed by atoms with Crippen LogP contribution in [0.2, 0.25) is 0 Å². The first-order valence-corrected chi connectivity index (χ1v) is 7.03. The van der Waals surface area contributed by atoms with Crippen LogP contribution in [0.3, 0.4) is 0 Å². The Kier molecular flexibility index (Phi) is 3.48. The quantitative estimate of drug-likeness (QED) is 0.871. The Bertz CT molecular complexity index is 400. The van der Waals surface area contributed by atoms with E-state index in [9.17, 15) is 4.79 Å². The molecule has 2 unspecified atom stereocenters. The number of benzene rings is 1. The van der Waals surface area contributed by atoms with Gasteiger partial charge in [-0.25, -0.2) is 0 Å². The fourth-order valence-corrected chi connectivity index (χ4v) is 3.85. The zero-order chi connectivity index (χ0) is 12.5.